The largest absolute Gasteiger partial charge is 0.173 e. The maximum absolute atomic E-state index is 4.45. The third-order valence-electron chi connectivity index (χ3n) is 4.95. The first-order valence-electron chi connectivity index (χ1n) is 7.67. The molecule has 1 aliphatic carbocycles. The SMILES string of the molecule is CC1(C)CCCCCC(C)(C)c2cc3nsnc3cc21. The molecule has 1 heterocycles. The van der Waals surface area contributed by atoms with Crippen LogP contribution in [0, 0.1) is 0 Å². The van der Waals surface area contributed by atoms with Crippen molar-refractivity contribution in [1.29, 1.82) is 0 Å². The monoisotopic (exact) mass is 288 g/mol. The Hall–Kier alpha value is -0.960. The number of hydrogen-bond donors (Lipinski definition) is 0. The van der Waals surface area contributed by atoms with Gasteiger partial charge in [-0.2, -0.15) is 8.75 Å². The van der Waals surface area contributed by atoms with Crippen LogP contribution in [0.25, 0.3) is 11.0 Å². The van der Waals surface area contributed by atoms with E-state index in [2.05, 4.69) is 48.6 Å². The molecule has 1 aliphatic rings. The molecule has 0 spiro atoms. The lowest BCUT2D eigenvalue weighted by molar-refractivity contribution is 0.448. The Kier molecular flexibility index (Phi) is 3.36. The highest BCUT2D eigenvalue weighted by atomic mass is 32.1. The van der Waals surface area contributed by atoms with Crippen LogP contribution in [0.5, 0.6) is 0 Å². The minimum absolute atomic E-state index is 0.231. The van der Waals surface area contributed by atoms with Crippen molar-refractivity contribution in [3.63, 3.8) is 0 Å². The summed E-state index contributed by atoms with van der Waals surface area (Å²) in [5.41, 5.74) is 5.58. The highest BCUT2D eigenvalue weighted by Gasteiger charge is 2.32. The van der Waals surface area contributed by atoms with Crippen LogP contribution in [0.4, 0.5) is 0 Å². The summed E-state index contributed by atoms with van der Waals surface area (Å²) in [7, 11) is 0. The van der Waals surface area contributed by atoms with E-state index < -0.39 is 0 Å². The van der Waals surface area contributed by atoms with Crippen LogP contribution in [-0.4, -0.2) is 8.75 Å². The quantitative estimate of drug-likeness (QED) is 0.665. The topological polar surface area (TPSA) is 25.8 Å². The van der Waals surface area contributed by atoms with Crippen LogP contribution in [-0.2, 0) is 10.8 Å². The molecule has 108 valence electrons. The van der Waals surface area contributed by atoms with Gasteiger partial charge in [-0.3, -0.25) is 0 Å². The molecular weight excluding hydrogens is 264 g/mol. The summed E-state index contributed by atoms with van der Waals surface area (Å²) in [4.78, 5) is 0. The van der Waals surface area contributed by atoms with Crippen LogP contribution >= 0.6 is 11.7 Å². The van der Waals surface area contributed by atoms with Crippen molar-refractivity contribution in [3.05, 3.63) is 23.3 Å². The van der Waals surface area contributed by atoms with Crippen molar-refractivity contribution in [2.75, 3.05) is 0 Å². The van der Waals surface area contributed by atoms with E-state index in [0.29, 0.717) is 0 Å². The first-order valence-corrected chi connectivity index (χ1v) is 8.40. The fraction of sp³-hybridized carbons (Fsp3) is 0.647. The van der Waals surface area contributed by atoms with Gasteiger partial charge in [0.2, 0.25) is 0 Å². The molecule has 0 N–H and O–H groups in total. The molecule has 0 bridgehead atoms. The Morgan fingerprint density at radius 2 is 1.25 bits per heavy atom. The normalized spacial score (nSPS) is 21.8. The molecule has 2 aromatic rings. The smallest absolute Gasteiger partial charge is 0.105 e. The third-order valence-corrected chi connectivity index (χ3v) is 5.51. The number of nitrogens with zero attached hydrogens (tertiary/aromatic N) is 2. The van der Waals surface area contributed by atoms with Crippen molar-refractivity contribution in [2.24, 2.45) is 0 Å². The first kappa shape index (κ1) is 14.0. The zero-order valence-corrected chi connectivity index (χ0v) is 13.8. The van der Waals surface area contributed by atoms with E-state index in [1.807, 2.05) is 0 Å². The maximum Gasteiger partial charge on any atom is 0.105 e. The van der Waals surface area contributed by atoms with Crippen LogP contribution in [0.3, 0.4) is 0 Å². The van der Waals surface area contributed by atoms with Crippen LogP contribution in [0.15, 0.2) is 12.1 Å². The standard InChI is InChI=1S/C17H24N2S/c1-16(2)8-6-5-7-9-17(3,4)13-11-15-14(10-12(13)16)18-20-19-15/h10-11H,5-9H2,1-4H3. The third kappa shape index (κ3) is 2.37. The van der Waals surface area contributed by atoms with Gasteiger partial charge in [0.1, 0.15) is 11.0 Å². The first-order chi connectivity index (χ1) is 9.40. The van der Waals surface area contributed by atoms with E-state index in [1.54, 1.807) is 0 Å². The molecule has 1 aromatic carbocycles. The molecule has 2 nitrogen and oxygen atoms in total. The zero-order valence-electron chi connectivity index (χ0n) is 13.0. The lowest BCUT2D eigenvalue weighted by Crippen LogP contribution is -2.25. The van der Waals surface area contributed by atoms with E-state index >= 15 is 0 Å². The van der Waals surface area contributed by atoms with E-state index in [1.165, 1.54) is 55.0 Å². The Morgan fingerprint density at radius 3 is 1.70 bits per heavy atom. The predicted molar refractivity (Wildman–Crippen MR) is 86.6 cm³/mol. The van der Waals surface area contributed by atoms with Gasteiger partial charge in [-0.05, 0) is 46.9 Å². The number of aromatic nitrogens is 2. The minimum Gasteiger partial charge on any atom is -0.173 e. The Bertz CT molecular complexity index is 573. The van der Waals surface area contributed by atoms with E-state index in [9.17, 15) is 0 Å². The maximum atomic E-state index is 4.45. The van der Waals surface area contributed by atoms with Crippen molar-refractivity contribution in [2.45, 2.75) is 70.6 Å². The van der Waals surface area contributed by atoms with Gasteiger partial charge in [0.15, 0.2) is 0 Å². The van der Waals surface area contributed by atoms with Crippen molar-refractivity contribution in [3.8, 4) is 0 Å². The molecule has 0 unspecified atom stereocenters. The Morgan fingerprint density at radius 1 is 0.800 bits per heavy atom. The summed E-state index contributed by atoms with van der Waals surface area (Å²) < 4.78 is 8.90. The second kappa shape index (κ2) is 4.80. The predicted octanol–water partition coefficient (Wildman–Crippen LogP) is 5.21. The number of rotatable bonds is 0. The lowest BCUT2D eigenvalue weighted by Gasteiger charge is -2.33. The van der Waals surface area contributed by atoms with Crippen molar-refractivity contribution in [1.82, 2.24) is 8.75 Å². The van der Waals surface area contributed by atoms with Gasteiger partial charge in [-0.15, -0.1) is 0 Å². The molecule has 20 heavy (non-hydrogen) atoms. The molecular formula is C17H24N2S. The molecule has 0 saturated carbocycles. The highest BCUT2D eigenvalue weighted by Crippen LogP contribution is 2.42. The molecule has 3 heteroatoms. The summed E-state index contributed by atoms with van der Waals surface area (Å²) in [5.74, 6) is 0. The van der Waals surface area contributed by atoms with Crippen LogP contribution < -0.4 is 0 Å². The zero-order chi connectivity index (χ0) is 14.4. The number of hydrogen-bond acceptors (Lipinski definition) is 3. The number of fused-ring (bicyclic) bond motifs is 2. The Labute approximate surface area is 125 Å². The van der Waals surface area contributed by atoms with Gasteiger partial charge < -0.3 is 0 Å². The summed E-state index contributed by atoms with van der Waals surface area (Å²) in [5, 5.41) is 0. The molecule has 1 aromatic heterocycles. The molecule has 0 aliphatic heterocycles. The summed E-state index contributed by atoms with van der Waals surface area (Å²) >= 11 is 1.33. The van der Waals surface area contributed by atoms with E-state index in [-0.39, 0.29) is 10.8 Å². The molecule has 3 rings (SSSR count). The molecule has 0 amide bonds. The minimum atomic E-state index is 0.231. The van der Waals surface area contributed by atoms with Crippen molar-refractivity contribution >= 4 is 22.8 Å². The lowest BCUT2D eigenvalue weighted by atomic mass is 9.71. The summed E-state index contributed by atoms with van der Waals surface area (Å²) in [6, 6.07) is 4.61. The van der Waals surface area contributed by atoms with Crippen LogP contribution in [0.1, 0.15) is 70.9 Å². The van der Waals surface area contributed by atoms with E-state index in [4.69, 9.17) is 0 Å². The molecule has 0 fully saturated rings. The van der Waals surface area contributed by atoms with Gasteiger partial charge in [0.25, 0.3) is 0 Å². The second-order valence-electron chi connectivity index (χ2n) is 7.48. The van der Waals surface area contributed by atoms with Gasteiger partial charge in [0, 0.05) is 0 Å². The van der Waals surface area contributed by atoms with Crippen LogP contribution in [0.2, 0.25) is 0 Å². The van der Waals surface area contributed by atoms with Gasteiger partial charge in [0.05, 0.1) is 11.7 Å². The summed E-state index contributed by atoms with van der Waals surface area (Å²) in [6.45, 7) is 9.55. The van der Waals surface area contributed by atoms with Crippen molar-refractivity contribution < 1.29 is 0 Å². The molecule has 0 radical (unpaired) electrons. The molecule has 0 atom stereocenters. The fourth-order valence-corrected chi connectivity index (χ4v) is 4.04. The number of benzene rings is 1. The highest BCUT2D eigenvalue weighted by molar-refractivity contribution is 7.00. The van der Waals surface area contributed by atoms with Gasteiger partial charge in [-0.1, -0.05) is 47.0 Å². The summed E-state index contributed by atoms with van der Waals surface area (Å²) in [6.07, 6.45) is 6.54. The van der Waals surface area contributed by atoms with Gasteiger partial charge in [-0.25, -0.2) is 0 Å². The average Bonchev–Trinajstić information content (AvgIpc) is 2.83. The van der Waals surface area contributed by atoms with Gasteiger partial charge >= 0.3 is 0 Å². The second-order valence-corrected chi connectivity index (χ2v) is 8.01. The molecule has 0 saturated heterocycles. The Balaban J connectivity index is 2.26. The van der Waals surface area contributed by atoms with E-state index in [0.717, 1.165) is 11.0 Å². The average molecular weight is 288 g/mol. The fourth-order valence-electron chi connectivity index (χ4n) is 3.53.